The number of alkyl halides is 1. The van der Waals surface area contributed by atoms with Gasteiger partial charge in [0.25, 0.3) is 0 Å². The molecule has 0 saturated heterocycles. The maximum Gasteiger partial charge on any atom is 0.126 e. The van der Waals surface area contributed by atoms with E-state index in [1.807, 2.05) is 12.1 Å². The molecule has 112 valence electrons. The predicted octanol–water partition coefficient (Wildman–Crippen LogP) is 5.50. The van der Waals surface area contributed by atoms with Crippen molar-refractivity contribution in [2.24, 2.45) is 5.92 Å². The second-order valence-electron chi connectivity index (χ2n) is 5.66. The van der Waals surface area contributed by atoms with Gasteiger partial charge in [0.1, 0.15) is 11.5 Å². The van der Waals surface area contributed by atoms with Gasteiger partial charge in [0.05, 0.1) is 14.2 Å². The normalized spacial score (nSPS) is 17.8. The molecule has 0 heterocycles. The van der Waals surface area contributed by atoms with Crippen molar-refractivity contribution in [3.63, 3.8) is 0 Å². The topological polar surface area (TPSA) is 18.5 Å². The van der Waals surface area contributed by atoms with Gasteiger partial charge in [-0.05, 0) is 24.8 Å². The molecule has 2 nitrogen and oxygen atoms in total. The number of ether oxygens (including phenoxy) is 2. The smallest absolute Gasteiger partial charge is 0.126 e. The quantitative estimate of drug-likeness (QED) is 0.636. The van der Waals surface area contributed by atoms with E-state index in [1.165, 1.54) is 50.5 Å². The van der Waals surface area contributed by atoms with Crippen molar-refractivity contribution < 1.29 is 9.47 Å². The summed E-state index contributed by atoms with van der Waals surface area (Å²) in [6, 6.07) is 6.08. The van der Waals surface area contributed by atoms with Gasteiger partial charge in [-0.2, -0.15) is 0 Å². The molecule has 1 saturated carbocycles. The molecule has 0 N–H and O–H groups in total. The first-order chi connectivity index (χ1) is 9.74. The number of rotatable bonds is 6. The van der Waals surface area contributed by atoms with Crippen LogP contribution in [0.25, 0.3) is 0 Å². The highest BCUT2D eigenvalue weighted by atomic mass is 79.9. The Labute approximate surface area is 131 Å². The van der Waals surface area contributed by atoms with E-state index in [9.17, 15) is 0 Å². The molecule has 20 heavy (non-hydrogen) atoms. The summed E-state index contributed by atoms with van der Waals surface area (Å²) in [5.41, 5.74) is 1.23. The number of hydrogen-bond acceptors (Lipinski definition) is 2. The van der Waals surface area contributed by atoms with Gasteiger partial charge >= 0.3 is 0 Å². The Morgan fingerprint density at radius 3 is 2.55 bits per heavy atom. The number of methoxy groups -OCH3 is 2. The Morgan fingerprint density at radius 2 is 1.90 bits per heavy atom. The van der Waals surface area contributed by atoms with Gasteiger partial charge in [-0.1, -0.05) is 54.1 Å². The largest absolute Gasteiger partial charge is 0.497 e. The van der Waals surface area contributed by atoms with Crippen molar-refractivity contribution in [3.05, 3.63) is 23.8 Å². The zero-order valence-corrected chi connectivity index (χ0v) is 14.1. The number of benzene rings is 1. The lowest BCUT2D eigenvalue weighted by Gasteiger charge is -2.23. The average molecular weight is 341 g/mol. The summed E-state index contributed by atoms with van der Waals surface area (Å²) in [4.78, 5) is 0.366. The van der Waals surface area contributed by atoms with E-state index in [1.54, 1.807) is 14.2 Å². The standard InChI is InChI=1S/C17H25BrO2/c1-19-14-9-10-15(17(12-14)20-2)16(18)11-8-13-6-4-3-5-7-13/h9-10,12-13,16H,3-8,11H2,1-2H3. The van der Waals surface area contributed by atoms with Crippen LogP contribution in [0.4, 0.5) is 0 Å². The molecule has 1 aromatic rings. The van der Waals surface area contributed by atoms with Gasteiger partial charge in [0.15, 0.2) is 0 Å². The van der Waals surface area contributed by atoms with E-state index in [2.05, 4.69) is 22.0 Å². The second-order valence-corrected chi connectivity index (χ2v) is 6.76. The lowest BCUT2D eigenvalue weighted by Crippen LogP contribution is -2.07. The maximum atomic E-state index is 5.49. The molecular weight excluding hydrogens is 316 g/mol. The van der Waals surface area contributed by atoms with Gasteiger partial charge in [-0.25, -0.2) is 0 Å². The average Bonchev–Trinajstić information content (AvgIpc) is 2.52. The minimum atomic E-state index is 0.366. The Balaban J connectivity index is 1.95. The highest BCUT2D eigenvalue weighted by Crippen LogP contribution is 2.39. The van der Waals surface area contributed by atoms with Crippen LogP contribution in [0.5, 0.6) is 11.5 Å². The third kappa shape index (κ3) is 4.15. The Hall–Kier alpha value is -0.700. The number of hydrogen-bond donors (Lipinski definition) is 0. The summed E-state index contributed by atoms with van der Waals surface area (Å²) in [5, 5.41) is 0. The highest BCUT2D eigenvalue weighted by Gasteiger charge is 2.18. The van der Waals surface area contributed by atoms with Gasteiger partial charge in [0, 0.05) is 16.5 Å². The molecule has 0 radical (unpaired) electrons. The molecule has 1 atom stereocenters. The fraction of sp³-hybridized carbons (Fsp3) is 0.647. The monoisotopic (exact) mass is 340 g/mol. The van der Waals surface area contributed by atoms with E-state index < -0.39 is 0 Å². The summed E-state index contributed by atoms with van der Waals surface area (Å²) >= 11 is 3.83. The van der Waals surface area contributed by atoms with Crippen LogP contribution < -0.4 is 9.47 Å². The molecule has 1 aliphatic carbocycles. The van der Waals surface area contributed by atoms with Crippen molar-refractivity contribution in [2.45, 2.75) is 49.8 Å². The minimum absolute atomic E-state index is 0.366. The molecule has 0 bridgehead atoms. The van der Waals surface area contributed by atoms with Gasteiger partial charge < -0.3 is 9.47 Å². The summed E-state index contributed by atoms with van der Waals surface area (Å²) < 4.78 is 10.7. The van der Waals surface area contributed by atoms with Crippen LogP contribution in [-0.2, 0) is 0 Å². The molecule has 2 rings (SSSR count). The fourth-order valence-corrected chi connectivity index (χ4v) is 3.73. The fourth-order valence-electron chi connectivity index (χ4n) is 3.09. The molecule has 3 heteroatoms. The molecule has 0 aromatic heterocycles. The second kappa shape index (κ2) is 7.92. The van der Waals surface area contributed by atoms with Gasteiger partial charge in [-0.3, -0.25) is 0 Å². The van der Waals surface area contributed by atoms with Crippen molar-refractivity contribution in [1.82, 2.24) is 0 Å². The van der Waals surface area contributed by atoms with Gasteiger partial charge in [0.2, 0.25) is 0 Å². The lowest BCUT2D eigenvalue weighted by molar-refractivity contribution is 0.331. The predicted molar refractivity (Wildman–Crippen MR) is 87.0 cm³/mol. The van der Waals surface area contributed by atoms with E-state index >= 15 is 0 Å². The summed E-state index contributed by atoms with van der Waals surface area (Å²) in [7, 11) is 3.41. The minimum Gasteiger partial charge on any atom is -0.497 e. The van der Waals surface area contributed by atoms with Crippen LogP contribution in [0, 0.1) is 5.92 Å². The third-order valence-electron chi connectivity index (χ3n) is 4.33. The highest BCUT2D eigenvalue weighted by molar-refractivity contribution is 9.09. The summed E-state index contributed by atoms with van der Waals surface area (Å²) in [6.07, 6.45) is 9.59. The first-order valence-corrected chi connectivity index (χ1v) is 8.52. The Kier molecular flexibility index (Phi) is 6.21. The van der Waals surface area contributed by atoms with Crippen molar-refractivity contribution in [3.8, 4) is 11.5 Å². The third-order valence-corrected chi connectivity index (χ3v) is 5.28. The van der Waals surface area contributed by atoms with Crippen LogP contribution in [0.3, 0.4) is 0 Å². The van der Waals surface area contributed by atoms with E-state index in [4.69, 9.17) is 9.47 Å². The van der Waals surface area contributed by atoms with Crippen molar-refractivity contribution in [2.75, 3.05) is 14.2 Å². The maximum absolute atomic E-state index is 5.49. The van der Waals surface area contributed by atoms with Crippen LogP contribution in [0.15, 0.2) is 18.2 Å². The van der Waals surface area contributed by atoms with Crippen LogP contribution in [0.1, 0.15) is 55.3 Å². The van der Waals surface area contributed by atoms with Crippen molar-refractivity contribution >= 4 is 15.9 Å². The summed E-state index contributed by atoms with van der Waals surface area (Å²) in [6.45, 7) is 0. The van der Waals surface area contributed by atoms with Crippen molar-refractivity contribution in [1.29, 1.82) is 0 Å². The molecule has 0 spiro atoms. The number of halogens is 1. The van der Waals surface area contributed by atoms with E-state index in [0.29, 0.717) is 4.83 Å². The molecule has 0 amide bonds. The SMILES string of the molecule is COc1ccc(C(Br)CCC2CCCCC2)c(OC)c1. The molecule has 1 unspecified atom stereocenters. The molecule has 1 aromatic carbocycles. The zero-order chi connectivity index (χ0) is 14.4. The Bertz CT molecular complexity index is 413. The lowest BCUT2D eigenvalue weighted by atomic mass is 9.85. The zero-order valence-electron chi connectivity index (χ0n) is 12.5. The van der Waals surface area contributed by atoms with E-state index in [-0.39, 0.29) is 0 Å². The molecular formula is C17H25BrO2. The summed E-state index contributed by atoms with van der Waals surface area (Å²) in [5.74, 6) is 2.68. The molecule has 0 aliphatic heterocycles. The van der Waals surface area contributed by atoms with Crippen LogP contribution >= 0.6 is 15.9 Å². The van der Waals surface area contributed by atoms with Crippen LogP contribution in [0.2, 0.25) is 0 Å². The van der Waals surface area contributed by atoms with Crippen LogP contribution in [-0.4, -0.2) is 14.2 Å². The molecule has 1 fully saturated rings. The van der Waals surface area contributed by atoms with Gasteiger partial charge in [-0.15, -0.1) is 0 Å². The first-order valence-electron chi connectivity index (χ1n) is 7.60. The Morgan fingerprint density at radius 1 is 1.15 bits per heavy atom. The molecule has 1 aliphatic rings. The van der Waals surface area contributed by atoms with E-state index in [0.717, 1.165) is 17.4 Å². The first kappa shape index (κ1) is 15.7.